The third kappa shape index (κ3) is 2.32. The predicted octanol–water partition coefficient (Wildman–Crippen LogP) is 3.49. The zero-order valence-corrected chi connectivity index (χ0v) is 9.74. The highest BCUT2D eigenvalue weighted by molar-refractivity contribution is 7.12. The standard InChI is InChI=1S/C11H19NS/c1-5-11(3,4)10(12)9-7-6-8(2)13-9/h6-7,10H,5,12H2,1-4H3. The van der Waals surface area contributed by atoms with Gasteiger partial charge >= 0.3 is 0 Å². The summed E-state index contributed by atoms with van der Waals surface area (Å²) in [5, 5.41) is 0. The van der Waals surface area contributed by atoms with Gasteiger partial charge in [-0.2, -0.15) is 0 Å². The lowest BCUT2D eigenvalue weighted by Gasteiger charge is -2.29. The summed E-state index contributed by atoms with van der Waals surface area (Å²) in [5.74, 6) is 0. The first-order chi connectivity index (χ1) is 5.97. The lowest BCUT2D eigenvalue weighted by atomic mass is 9.82. The highest BCUT2D eigenvalue weighted by Crippen LogP contribution is 2.36. The van der Waals surface area contributed by atoms with E-state index in [9.17, 15) is 0 Å². The van der Waals surface area contributed by atoms with E-state index in [0.717, 1.165) is 6.42 Å². The fourth-order valence-corrected chi connectivity index (χ4v) is 2.32. The Morgan fingerprint density at radius 1 is 1.46 bits per heavy atom. The maximum atomic E-state index is 6.21. The Kier molecular flexibility index (Phi) is 3.14. The smallest absolute Gasteiger partial charge is 0.0441 e. The molecule has 0 aliphatic heterocycles. The normalized spacial score (nSPS) is 14.5. The van der Waals surface area contributed by atoms with Crippen LogP contribution in [0, 0.1) is 12.3 Å². The second-order valence-electron chi connectivity index (χ2n) is 4.27. The zero-order valence-electron chi connectivity index (χ0n) is 8.92. The van der Waals surface area contributed by atoms with E-state index in [1.165, 1.54) is 9.75 Å². The van der Waals surface area contributed by atoms with Gasteiger partial charge in [0.2, 0.25) is 0 Å². The molecule has 1 aromatic rings. The molecule has 74 valence electrons. The van der Waals surface area contributed by atoms with Crippen molar-refractivity contribution in [1.29, 1.82) is 0 Å². The van der Waals surface area contributed by atoms with Gasteiger partial charge in [0.05, 0.1) is 0 Å². The molecule has 0 radical (unpaired) electrons. The van der Waals surface area contributed by atoms with Gasteiger partial charge < -0.3 is 5.73 Å². The largest absolute Gasteiger partial charge is 0.323 e. The van der Waals surface area contributed by atoms with Crippen molar-refractivity contribution in [2.45, 2.75) is 40.2 Å². The van der Waals surface area contributed by atoms with Gasteiger partial charge in [0, 0.05) is 15.8 Å². The molecule has 13 heavy (non-hydrogen) atoms. The second-order valence-corrected chi connectivity index (χ2v) is 5.59. The van der Waals surface area contributed by atoms with E-state index in [-0.39, 0.29) is 11.5 Å². The van der Waals surface area contributed by atoms with Crippen LogP contribution in [-0.4, -0.2) is 0 Å². The van der Waals surface area contributed by atoms with Crippen LogP contribution >= 0.6 is 11.3 Å². The SMILES string of the molecule is CCC(C)(C)C(N)c1ccc(C)s1. The fourth-order valence-electron chi connectivity index (χ4n) is 1.23. The monoisotopic (exact) mass is 197 g/mol. The Balaban J connectivity index is 2.84. The van der Waals surface area contributed by atoms with E-state index >= 15 is 0 Å². The lowest BCUT2D eigenvalue weighted by Crippen LogP contribution is -2.27. The highest BCUT2D eigenvalue weighted by atomic mass is 32.1. The van der Waals surface area contributed by atoms with Gasteiger partial charge in [-0.3, -0.25) is 0 Å². The molecule has 0 bridgehead atoms. The van der Waals surface area contributed by atoms with Crippen molar-refractivity contribution in [3.63, 3.8) is 0 Å². The summed E-state index contributed by atoms with van der Waals surface area (Å²) in [6.45, 7) is 8.78. The Hall–Kier alpha value is -0.340. The number of nitrogens with two attached hydrogens (primary N) is 1. The molecule has 0 saturated heterocycles. The fraction of sp³-hybridized carbons (Fsp3) is 0.636. The van der Waals surface area contributed by atoms with E-state index in [0.29, 0.717) is 0 Å². The van der Waals surface area contributed by atoms with Crippen molar-refractivity contribution in [2.24, 2.45) is 11.1 Å². The van der Waals surface area contributed by atoms with Crippen LogP contribution in [0.5, 0.6) is 0 Å². The third-order valence-corrected chi connectivity index (χ3v) is 3.90. The summed E-state index contributed by atoms with van der Waals surface area (Å²) in [7, 11) is 0. The molecule has 0 amide bonds. The molecule has 0 aliphatic carbocycles. The van der Waals surface area contributed by atoms with Crippen LogP contribution in [0.25, 0.3) is 0 Å². The van der Waals surface area contributed by atoms with Crippen LogP contribution in [0.3, 0.4) is 0 Å². The molecule has 1 atom stereocenters. The van der Waals surface area contributed by atoms with Crippen LogP contribution in [0.2, 0.25) is 0 Å². The van der Waals surface area contributed by atoms with Crippen molar-refractivity contribution in [2.75, 3.05) is 0 Å². The molecule has 0 aliphatic rings. The van der Waals surface area contributed by atoms with E-state index in [2.05, 4.69) is 39.8 Å². The lowest BCUT2D eigenvalue weighted by molar-refractivity contribution is 0.281. The quantitative estimate of drug-likeness (QED) is 0.788. The Labute approximate surface area is 85.0 Å². The summed E-state index contributed by atoms with van der Waals surface area (Å²) in [6.07, 6.45) is 1.12. The molecule has 2 N–H and O–H groups in total. The molecule has 1 nitrogen and oxygen atoms in total. The minimum absolute atomic E-state index is 0.177. The maximum Gasteiger partial charge on any atom is 0.0441 e. The van der Waals surface area contributed by atoms with Crippen LogP contribution in [0.4, 0.5) is 0 Å². The van der Waals surface area contributed by atoms with Crippen molar-refractivity contribution in [3.05, 3.63) is 21.9 Å². The van der Waals surface area contributed by atoms with Crippen molar-refractivity contribution < 1.29 is 0 Å². The predicted molar refractivity (Wildman–Crippen MR) is 60.1 cm³/mol. The van der Waals surface area contributed by atoms with Crippen molar-refractivity contribution in [1.82, 2.24) is 0 Å². The highest BCUT2D eigenvalue weighted by Gasteiger charge is 2.26. The first-order valence-electron chi connectivity index (χ1n) is 4.79. The number of hydrogen-bond donors (Lipinski definition) is 1. The Morgan fingerprint density at radius 3 is 2.46 bits per heavy atom. The molecule has 0 fully saturated rings. The van der Waals surface area contributed by atoms with Crippen molar-refractivity contribution >= 4 is 11.3 Å². The van der Waals surface area contributed by atoms with Gasteiger partial charge in [0.15, 0.2) is 0 Å². The first kappa shape index (κ1) is 10.7. The van der Waals surface area contributed by atoms with E-state index in [4.69, 9.17) is 5.73 Å². The first-order valence-corrected chi connectivity index (χ1v) is 5.61. The minimum Gasteiger partial charge on any atom is -0.323 e. The summed E-state index contributed by atoms with van der Waals surface area (Å²) in [6, 6.07) is 4.48. The minimum atomic E-state index is 0.177. The van der Waals surface area contributed by atoms with Gasteiger partial charge in [-0.1, -0.05) is 20.8 Å². The number of aryl methyl sites for hydroxylation is 1. The second kappa shape index (κ2) is 3.81. The molecular weight excluding hydrogens is 178 g/mol. The summed E-state index contributed by atoms with van der Waals surface area (Å²) in [4.78, 5) is 2.65. The molecular formula is C11H19NS. The third-order valence-electron chi connectivity index (χ3n) is 2.82. The molecule has 1 aromatic heterocycles. The number of hydrogen-bond acceptors (Lipinski definition) is 2. The van der Waals surface area contributed by atoms with Crippen molar-refractivity contribution in [3.8, 4) is 0 Å². The zero-order chi connectivity index (χ0) is 10.1. The molecule has 0 spiro atoms. The van der Waals surface area contributed by atoms with Gasteiger partial charge in [0.1, 0.15) is 0 Å². The van der Waals surface area contributed by atoms with E-state index < -0.39 is 0 Å². The molecule has 2 heteroatoms. The molecule has 1 rings (SSSR count). The van der Waals surface area contributed by atoms with Crippen LogP contribution < -0.4 is 5.73 Å². The average Bonchev–Trinajstić information content (AvgIpc) is 2.50. The van der Waals surface area contributed by atoms with Gasteiger partial charge in [0.25, 0.3) is 0 Å². The summed E-state index contributed by atoms with van der Waals surface area (Å²) in [5.41, 5.74) is 6.41. The van der Waals surface area contributed by atoms with Gasteiger partial charge in [-0.15, -0.1) is 11.3 Å². The average molecular weight is 197 g/mol. The topological polar surface area (TPSA) is 26.0 Å². The molecule has 1 unspecified atom stereocenters. The summed E-state index contributed by atoms with van der Waals surface area (Å²) >= 11 is 1.81. The van der Waals surface area contributed by atoms with E-state index in [1.807, 2.05) is 11.3 Å². The Bertz CT molecular complexity index is 275. The molecule has 1 heterocycles. The molecule has 0 saturated carbocycles. The van der Waals surface area contributed by atoms with Gasteiger partial charge in [-0.05, 0) is 30.9 Å². The van der Waals surface area contributed by atoms with E-state index in [1.54, 1.807) is 0 Å². The van der Waals surface area contributed by atoms with Crippen LogP contribution in [-0.2, 0) is 0 Å². The Morgan fingerprint density at radius 2 is 2.08 bits per heavy atom. The maximum absolute atomic E-state index is 6.21. The van der Waals surface area contributed by atoms with Crippen LogP contribution in [0.1, 0.15) is 43.0 Å². The van der Waals surface area contributed by atoms with Crippen LogP contribution in [0.15, 0.2) is 12.1 Å². The van der Waals surface area contributed by atoms with Gasteiger partial charge in [-0.25, -0.2) is 0 Å². The summed E-state index contributed by atoms with van der Waals surface area (Å²) < 4.78 is 0. The number of rotatable bonds is 3. The number of thiophene rings is 1. The molecule has 0 aromatic carbocycles.